The van der Waals surface area contributed by atoms with Crippen LogP contribution < -0.4 is 0 Å². The van der Waals surface area contributed by atoms with Crippen molar-refractivity contribution in [1.82, 2.24) is 0 Å². The number of hydrogen-bond donors (Lipinski definition) is 2. The normalized spacial score (nSPS) is 38.9. The number of aliphatic hydroxyl groups excluding tert-OH is 1. The Hall–Kier alpha value is 0.0169. The van der Waals surface area contributed by atoms with Crippen LogP contribution >= 0.6 is 0 Å². The van der Waals surface area contributed by atoms with E-state index in [1.54, 1.807) is 0 Å². The van der Waals surface area contributed by atoms with E-state index in [2.05, 4.69) is 33.9 Å². The van der Waals surface area contributed by atoms with Crippen LogP contribution in [0, 0.1) is 0 Å². The van der Waals surface area contributed by atoms with Crippen molar-refractivity contribution in [3.8, 4) is 0 Å². The molecule has 0 unspecified atom stereocenters. The highest BCUT2D eigenvalue weighted by Gasteiger charge is 2.54. The molecule has 0 amide bonds. The highest BCUT2D eigenvalue weighted by atomic mass is 28.4. The lowest BCUT2D eigenvalue weighted by Crippen LogP contribution is -2.55. The molecule has 0 aromatic carbocycles. The Morgan fingerprint density at radius 2 is 1.77 bits per heavy atom. The van der Waals surface area contributed by atoms with Gasteiger partial charge in [-0.1, -0.05) is 20.8 Å². The second-order valence-corrected chi connectivity index (χ2v) is 13.7. The van der Waals surface area contributed by atoms with E-state index in [0.717, 1.165) is 0 Å². The molecule has 2 aliphatic rings. The van der Waals surface area contributed by atoms with Crippen molar-refractivity contribution >= 4 is 8.32 Å². The van der Waals surface area contributed by atoms with Crippen molar-refractivity contribution in [1.29, 1.82) is 0 Å². The van der Waals surface area contributed by atoms with E-state index >= 15 is 0 Å². The summed E-state index contributed by atoms with van der Waals surface area (Å²) in [5.41, 5.74) is -1.06. The summed E-state index contributed by atoms with van der Waals surface area (Å²) in [4.78, 5) is 0. The first-order valence-corrected chi connectivity index (χ1v) is 11.1. The van der Waals surface area contributed by atoms with Crippen LogP contribution in [0.25, 0.3) is 0 Å². The highest BCUT2D eigenvalue weighted by Crippen LogP contribution is 2.42. The zero-order valence-corrected chi connectivity index (χ0v) is 16.0. The molecule has 1 aliphatic carbocycles. The molecule has 0 aromatic heterocycles. The van der Waals surface area contributed by atoms with E-state index in [9.17, 15) is 10.2 Å². The summed E-state index contributed by atoms with van der Waals surface area (Å²) < 4.78 is 17.7. The van der Waals surface area contributed by atoms with Crippen LogP contribution in [0.3, 0.4) is 0 Å². The quantitative estimate of drug-likeness (QED) is 0.777. The molecule has 22 heavy (non-hydrogen) atoms. The van der Waals surface area contributed by atoms with Gasteiger partial charge in [0.2, 0.25) is 0 Å². The lowest BCUT2D eigenvalue weighted by molar-refractivity contribution is -0.153. The number of aliphatic hydroxyl groups is 2. The summed E-state index contributed by atoms with van der Waals surface area (Å²) >= 11 is 0. The molecule has 2 fully saturated rings. The third-order valence-corrected chi connectivity index (χ3v) is 9.76. The van der Waals surface area contributed by atoms with Crippen LogP contribution in [0.1, 0.15) is 47.5 Å². The van der Waals surface area contributed by atoms with E-state index in [1.165, 1.54) is 0 Å². The van der Waals surface area contributed by atoms with Crippen LogP contribution in [-0.4, -0.2) is 54.8 Å². The van der Waals surface area contributed by atoms with Crippen LogP contribution in [0.2, 0.25) is 18.1 Å². The van der Waals surface area contributed by atoms with E-state index in [1.807, 2.05) is 13.8 Å². The van der Waals surface area contributed by atoms with Crippen molar-refractivity contribution in [3.63, 3.8) is 0 Å². The van der Waals surface area contributed by atoms with Crippen LogP contribution in [-0.2, 0) is 13.9 Å². The maximum absolute atomic E-state index is 10.9. The molecule has 5 nitrogen and oxygen atoms in total. The molecule has 0 spiro atoms. The van der Waals surface area contributed by atoms with Gasteiger partial charge in [0.05, 0.1) is 24.4 Å². The van der Waals surface area contributed by atoms with Gasteiger partial charge in [-0.2, -0.15) is 0 Å². The van der Waals surface area contributed by atoms with Gasteiger partial charge < -0.3 is 24.1 Å². The van der Waals surface area contributed by atoms with Gasteiger partial charge in [0.15, 0.2) is 14.1 Å². The Balaban J connectivity index is 2.03. The summed E-state index contributed by atoms with van der Waals surface area (Å²) in [7, 11) is -1.93. The highest BCUT2D eigenvalue weighted by molar-refractivity contribution is 6.74. The first-order valence-electron chi connectivity index (χ1n) is 8.15. The molecule has 2 rings (SSSR count). The van der Waals surface area contributed by atoms with Gasteiger partial charge in [0.1, 0.15) is 6.10 Å². The Kier molecular flexibility index (Phi) is 4.62. The number of rotatable bonds is 3. The van der Waals surface area contributed by atoms with Crippen LogP contribution in [0.4, 0.5) is 0 Å². The van der Waals surface area contributed by atoms with Gasteiger partial charge >= 0.3 is 0 Å². The Labute approximate surface area is 135 Å². The van der Waals surface area contributed by atoms with Crippen molar-refractivity contribution in [2.45, 2.75) is 95.3 Å². The van der Waals surface area contributed by atoms with Crippen LogP contribution in [0.15, 0.2) is 0 Å². The van der Waals surface area contributed by atoms with Gasteiger partial charge in [-0.3, -0.25) is 0 Å². The molecule has 0 bridgehead atoms. The smallest absolute Gasteiger partial charge is 0.192 e. The maximum Gasteiger partial charge on any atom is 0.192 e. The second kappa shape index (κ2) is 5.53. The van der Waals surface area contributed by atoms with Crippen molar-refractivity contribution in [2.75, 3.05) is 6.61 Å². The largest absolute Gasteiger partial charge is 0.414 e. The molecule has 1 saturated carbocycles. The van der Waals surface area contributed by atoms with Crippen molar-refractivity contribution in [2.24, 2.45) is 0 Å². The number of fused-ring (bicyclic) bond motifs is 1. The average molecular weight is 333 g/mol. The standard InChI is InChI=1S/C16H32O5Si/c1-14(2,3)22(6,7)19-10-16(18)8-11(17)13-12(9-16)20-15(4,5)21-13/h11-13,17-18H,8-10H2,1-7H3/t11-,12-,13+,16-/m1/s1. The predicted octanol–water partition coefficient (Wildman–Crippen LogP) is 2.41. The first-order chi connectivity index (χ1) is 9.75. The minimum absolute atomic E-state index is 0.0914. The van der Waals surface area contributed by atoms with E-state index in [0.29, 0.717) is 6.42 Å². The third-order valence-electron chi connectivity index (χ3n) is 5.28. The molecule has 1 aliphatic heterocycles. The summed E-state index contributed by atoms with van der Waals surface area (Å²) in [5, 5.41) is 21.3. The van der Waals surface area contributed by atoms with Crippen molar-refractivity contribution in [3.05, 3.63) is 0 Å². The monoisotopic (exact) mass is 332 g/mol. The van der Waals surface area contributed by atoms with Gasteiger partial charge in [-0.15, -0.1) is 0 Å². The second-order valence-electron chi connectivity index (χ2n) is 8.89. The van der Waals surface area contributed by atoms with Gasteiger partial charge in [0.25, 0.3) is 0 Å². The molecule has 130 valence electrons. The molecule has 0 radical (unpaired) electrons. The van der Waals surface area contributed by atoms with Gasteiger partial charge in [0, 0.05) is 12.8 Å². The predicted molar refractivity (Wildman–Crippen MR) is 87.2 cm³/mol. The first kappa shape index (κ1) is 18.4. The topological polar surface area (TPSA) is 68.2 Å². The zero-order valence-electron chi connectivity index (χ0n) is 15.0. The Morgan fingerprint density at radius 1 is 1.18 bits per heavy atom. The molecule has 1 saturated heterocycles. The molecular weight excluding hydrogens is 300 g/mol. The summed E-state index contributed by atoms with van der Waals surface area (Å²) in [6.07, 6.45) is -0.668. The lowest BCUT2D eigenvalue weighted by atomic mass is 9.80. The fraction of sp³-hybridized carbons (Fsp3) is 1.00. The van der Waals surface area contributed by atoms with E-state index in [4.69, 9.17) is 13.9 Å². The SMILES string of the molecule is CC1(C)O[C@H]2[C@H](O)C[C@](O)(CO[Si](C)(C)C(C)(C)C)C[C@H]2O1. The summed E-state index contributed by atoms with van der Waals surface area (Å²) in [5.74, 6) is -0.706. The van der Waals surface area contributed by atoms with Crippen molar-refractivity contribution < 1.29 is 24.1 Å². The fourth-order valence-electron chi connectivity index (χ4n) is 2.96. The van der Waals surface area contributed by atoms with Crippen LogP contribution in [0.5, 0.6) is 0 Å². The van der Waals surface area contributed by atoms with E-state index < -0.39 is 25.8 Å². The summed E-state index contributed by atoms with van der Waals surface area (Å²) in [6, 6.07) is 0. The molecular formula is C16H32O5Si. The minimum Gasteiger partial charge on any atom is -0.414 e. The Bertz CT molecular complexity index is 417. The fourth-order valence-corrected chi connectivity index (χ4v) is 4.02. The van der Waals surface area contributed by atoms with Gasteiger partial charge in [-0.25, -0.2) is 0 Å². The average Bonchev–Trinajstić information content (AvgIpc) is 2.60. The van der Waals surface area contributed by atoms with Gasteiger partial charge in [-0.05, 0) is 32.0 Å². The number of hydrogen-bond acceptors (Lipinski definition) is 5. The Morgan fingerprint density at radius 3 is 2.32 bits per heavy atom. The molecule has 1 heterocycles. The molecule has 6 heteroatoms. The molecule has 0 aromatic rings. The number of ether oxygens (including phenoxy) is 2. The van der Waals surface area contributed by atoms with E-state index in [-0.39, 0.29) is 30.3 Å². The molecule has 4 atom stereocenters. The minimum atomic E-state index is -1.93. The lowest BCUT2D eigenvalue weighted by Gasteiger charge is -2.43. The maximum atomic E-state index is 10.9. The zero-order chi connectivity index (χ0) is 17.0. The third kappa shape index (κ3) is 3.74. The molecule has 2 N–H and O–H groups in total. The summed E-state index contributed by atoms with van der Waals surface area (Å²) in [6.45, 7) is 14.8.